The number of halogens is 3. The molecule has 2 N–H and O–H groups in total. The van der Waals surface area contributed by atoms with E-state index in [0.29, 0.717) is 5.69 Å². The lowest BCUT2D eigenvalue weighted by Crippen LogP contribution is -2.26. The molecule has 2 rings (SSSR count). The van der Waals surface area contributed by atoms with E-state index in [0.717, 1.165) is 0 Å². The molecule has 0 radical (unpaired) electrons. The van der Waals surface area contributed by atoms with E-state index in [1.165, 1.54) is 36.7 Å². The zero-order chi connectivity index (χ0) is 14.6. The first-order valence-electron chi connectivity index (χ1n) is 5.87. The first kappa shape index (κ1) is 14.1. The van der Waals surface area contributed by atoms with Gasteiger partial charge in [0.1, 0.15) is 0 Å². The van der Waals surface area contributed by atoms with Gasteiger partial charge in [0.2, 0.25) is 5.91 Å². The molecule has 4 nitrogen and oxygen atoms in total. The first-order valence-corrected chi connectivity index (χ1v) is 5.87. The lowest BCUT2D eigenvalue weighted by molar-refractivity contribution is -0.155. The highest BCUT2D eigenvalue weighted by molar-refractivity contribution is 5.91. The number of benzene rings is 1. The zero-order valence-electron chi connectivity index (χ0n) is 10.3. The fraction of sp³-hybridized carbons (Fsp3) is 0.231. The Morgan fingerprint density at radius 3 is 2.55 bits per heavy atom. The Morgan fingerprint density at radius 1 is 1.30 bits per heavy atom. The topological polar surface area (TPSA) is 57.8 Å². The van der Waals surface area contributed by atoms with Crippen molar-refractivity contribution in [3.8, 4) is 0 Å². The molecule has 1 atom stereocenters. The van der Waals surface area contributed by atoms with Gasteiger partial charge in [0, 0.05) is 12.6 Å². The summed E-state index contributed by atoms with van der Waals surface area (Å²) in [4.78, 5) is 11.7. The summed E-state index contributed by atoms with van der Waals surface area (Å²) in [5.74, 6) is -2.53. The van der Waals surface area contributed by atoms with Crippen molar-refractivity contribution in [1.82, 2.24) is 10.2 Å². The number of H-pyrrole nitrogens is 1. The third kappa shape index (κ3) is 3.59. The lowest BCUT2D eigenvalue weighted by atomic mass is 9.95. The highest BCUT2D eigenvalue weighted by atomic mass is 19.4. The summed E-state index contributed by atoms with van der Waals surface area (Å²) in [7, 11) is 0. The minimum atomic E-state index is -4.48. The maximum atomic E-state index is 13.0. The Morgan fingerprint density at radius 2 is 2.00 bits per heavy atom. The predicted molar refractivity (Wildman–Crippen MR) is 67.1 cm³/mol. The molecule has 0 aliphatic heterocycles. The molecule has 0 aliphatic rings. The summed E-state index contributed by atoms with van der Waals surface area (Å²) in [6, 6.07) is 7.39. The zero-order valence-corrected chi connectivity index (χ0v) is 10.3. The molecule has 20 heavy (non-hydrogen) atoms. The largest absolute Gasteiger partial charge is 0.396 e. The van der Waals surface area contributed by atoms with Crippen molar-refractivity contribution in [2.24, 2.45) is 0 Å². The molecule has 1 aromatic carbocycles. The van der Waals surface area contributed by atoms with Gasteiger partial charge >= 0.3 is 6.18 Å². The van der Waals surface area contributed by atoms with Gasteiger partial charge < -0.3 is 5.32 Å². The van der Waals surface area contributed by atoms with Crippen LogP contribution in [0.2, 0.25) is 0 Å². The van der Waals surface area contributed by atoms with Crippen LogP contribution in [0.3, 0.4) is 0 Å². The van der Waals surface area contributed by atoms with E-state index >= 15 is 0 Å². The van der Waals surface area contributed by atoms with Gasteiger partial charge in [0.25, 0.3) is 0 Å². The van der Waals surface area contributed by atoms with Crippen LogP contribution >= 0.6 is 0 Å². The Bertz CT molecular complexity index is 552. The van der Waals surface area contributed by atoms with E-state index in [1.807, 2.05) is 0 Å². The molecule has 0 unspecified atom stereocenters. The summed E-state index contributed by atoms with van der Waals surface area (Å²) in [5, 5.41) is 8.42. The summed E-state index contributed by atoms with van der Waals surface area (Å²) in [5.41, 5.74) is 0.409. The van der Waals surface area contributed by atoms with E-state index < -0.39 is 24.4 Å². The number of alkyl halides is 3. The van der Waals surface area contributed by atoms with Crippen molar-refractivity contribution in [2.45, 2.75) is 18.5 Å². The van der Waals surface area contributed by atoms with E-state index in [4.69, 9.17) is 0 Å². The molecule has 0 aliphatic carbocycles. The second kappa shape index (κ2) is 5.77. The molecule has 7 heteroatoms. The van der Waals surface area contributed by atoms with Gasteiger partial charge in [0.05, 0.1) is 17.8 Å². The molecule has 0 bridgehead atoms. The van der Waals surface area contributed by atoms with Crippen LogP contribution in [0.1, 0.15) is 17.9 Å². The fourth-order valence-electron chi connectivity index (χ4n) is 1.82. The Kier molecular flexibility index (Phi) is 4.07. The van der Waals surface area contributed by atoms with Crippen LogP contribution in [-0.2, 0) is 4.79 Å². The van der Waals surface area contributed by atoms with Crippen LogP contribution in [0, 0.1) is 0 Å². The number of carbonyl (C=O) groups is 1. The minimum absolute atomic E-state index is 0.0716. The van der Waals surface area contributed by atoms with Gasteiger partial charge in [-0.2, -0.15) is 18.3 Å². The molecule has 106 valence electrons. The minimum Gasteiger partial charge on any atom is -0.323 e. The summed E-state index contributed by atoms with van der Waals surface area (Å²) < 4.78 is 39.1. The van der Waals surface area contributed by atoms with Gasteiger partial charge in [-0.3, -0.25) is 9.89 Å². The van der Waals surface area contributed by atoms with Crippen LogP contribution in [0.25, 0.3) is 0 Å². The van der Waals surface area contributed by atoms with Crippen LogP contribution in [-0.4, -0.2) is 22.3 Å². The number of aromatic nitrogens is 2. The number of hydrogen-bond donors (Lipinski definition) is 2. The smallest absolute Gasteiger partial charge is 0.323 e. The van der Waals surface area contributed by atoms with Crippen LogP contribution < -0.4 is 5.32 Å². The number of nitrogens with one attached hydrogen (secondary N) is 2. The van der Waals surface area contributed by atoms with Crippen molar-refractivity contribution < 1.29 is 18.0 Å². The second-order valence-electron chi connectivity index (χ2n) is 4.24. The average molecular weight is 283 g/mol. The summed E-state index contributed by atoms with van der Waals surface area (Å²) in [6.45, 7) is 0. The molecule has 1 amide bonds. The maximum Gasteiger partial charge on any atom is 0.396 e. The Hall–Kier alpha value is -2.31. The molecule has 0 saturated carbocycles. The Balaban J connectivity index is 2.11. The van der Waals surface area contributed by atoms with Crippen LogP contribution in [0.15, 0.2) is 42.7 Å². The second-order valence-corrected chi connectivity index (χ2v) is 4.24. The number of hydrogen-bond acceptors (Lipinski definition) is 2. The third-order valence-corrected chi connectivity index (χ3v) is 2.77. The van der Waals surface area contributed by atoms with E-state index in [2.05, 4.69) is 15.5 Å². The maximum absolute atomic E-state index is 13.0. The highest BCUT2D eigenvalue weighted by Crippen LogP contribution is 2.37. The van der Waals surface area contributed by atoms with Gasteiger partial charge in [-0.1, -0.05) is 30.3 Å². The average Bonchev–Trinajstić information content (AvgIpc) is 2.88. The van der Waals surface area contributed by atoms with Crippen molar-refractivity contribution in [1.29, 1.82) is 0 Å². The lowest BCUT2D eigenvalue weighted by Gasteiger charge is -2.20. The fourth-order valence-corrected chi connectivity index (χ4v) is 1.82. The van der Waals surface area contributed by atoms with Gasteiger partial charge in [-0.25, -0.2) is 0 Å². The van der Waals surface area contributed by atoms with Gasteiger partial charge in [-0.05, 0) is 5.56 Å². The molecule has 0 spiro atoms. The van der Waals surface area contributed by atoms with Crippen molar-refractivity contribution in [3.05, 3.63) is 48.3 Å². The van der Waals surface area contributed by atoms with Crippen molar-refractivity contribution in [2.75, 3.05) is 5.32 Å². The molecule has 2 aromatic rings. The van der Waals surface area contributed by atoms with Crippen LogP contribution in [0.5, 0.6) is 0 Å². The van der Waals surface area contributed by atoms with Gasteiger partial charge in [-0.15, -0.1) is 0 Å². The number of aromatic amines is 1. The number of rotatable bonds is 4. The third-order valence-electron chi connectivity index (χ3n) is 2.77. The molecule has 1 aromatic heterocycles. The van der Waals surface area contributed by atoms with Crippen LogP contribution in [0.4, 0.5) is 18.9 Å². The van der Waals surface area contributed by atoms with E-state index in [-0.39, 0.29) is 5.56 Å². The molecule has 0 saturated heterocycles. The number of anilines is 1. The monoisotopic (exact) mass is 283 g/mol. The number of nitrogens with zero attached hydrogens (tertiary/aromatic N) is 1. The van der Waals surface area contributed by atoms with E-state index in [1.54, 1.807) is 6.07 Å². The highest BCUT2D eigenvalue weighted by Gasteiger charge is 2.41. The SMILES string of the molecule is O=C(C[C@@H](c1ccccc1)C(F)(F)F)Nc1cn[nH]c1. The van der Waals surface area contributed by atoms with Crippen molar-refractivity contribution in [3.63, 3.8) is 0 Å². The molecule has 0 fully saturated rings. The van der Waals surface area contributed by atoms with Gasteiger partial charge in [0.15, 0.2) is 0 Å². The normalized spacial score (nSPS) is 12.9. The number of carbonyl (C=O) groups excluding carboxylic acids is 1. The predicted octanol–water partition coefficient (Wildman–Crippen LogP) is 3.08. The standard InChI is InChI=1S/C13H12F3N3O/c14-13(15,16)11(9-4-2-1-3-5-9)6-12(20)19-10-7-17-18-8-10/h1-5,7-8,11H,6H2,(H,17,18)(H,19,20)/t11-/m0/s1. The quantitative estimate of drug-likeness (QED) is 0.906. The molecular weight excluding hydrogens is 271 g/mol. The summed E-state index contributed by atoms with van der Waals surface area (Å²) in [6.07, 6.45) is -2.43. The molecule has 1 heterocycles. The van der Waals surface area contributed by atoms with E-state index in [9.17, 15) is 18.0 Å². The molecular formula is C13H12F3N3O. The summed E-state index contributed by atoms with van der Waals surface area (Å²) >= 11 is 0. The number of amides is 1. The van der Waals surface area contributed by atoms with Crippen molar-refractivity contribution >= 4 is 11.6 Å². The Labute approximate surface area is 113 Å². The first-order chi connectivity index (χ1) is 9.47.